The fourth-order valence-corrected chi connectivity index (χ4v) is 2.78. The number of aromatic nitrogens is 2. The van der Waals surface area contributed by atoms with Gasteiger partial charge in [0.1, 0.15) is 0 Å². The molecule has 0 spiro atoms. The van der Waals surface area contributed by atoms with Gasteiger partial charge in [-0.05, 0) is 31.4 Å². The highest BCUT2D eigenvalue weighted by Gasteiger charge is 2.19. The molecule has 110 valence electrons. The Morgan fingerprint density at radius 2 is 1.90 bits per heavy atom. The molecule has 3 rings (SSSR count). The molecule has 0 amide bonds. The van der Waals surface area contributed by atoms with Gasteiger partial charge in [-0.15, -0.1) is 0 Å². The van der Waals surface area contributed by atoms with Gasteiger partial charge in [0, 0.05) is 37.6 Å². The summed E-state index contributed by atoms with van der Waals surface area (Å²) >= 11 is 0. The Bertz CT molecular complexity index is 562. The number of rotatable bonds is 4. The molecular formula is C17H22N4. The number of likely N-dealkylation sites (tertiary alicyclic amines) is 1. The topological polar surface area (TPSA) is 41.1 Å². The first-order chi connectivity index (χ1) is 10.3. The van der Waals surface area contributed by atoms with Crippen molar-refractivity contribution in [2.24, 2.45) is 0 Å². The summed E-state index contributed by atoms with van der Waals surface area (Å²) in [5.74, 6) is 0.761. The molecule has 4 heteroatoms. The minimum absolute atomic E-state index is 0.485. The van der Waals surface area contributed by atoms with Crippen molar-refractivity contribution in [1.29, 1.82) is 0 Å². The van der Waals surface area contributed by atoms with Gasteiger partial charge in [0.15, 0.2) is 0 Å². The molecule has 1 saturated heterocycles. The highest BCUT2D eigenvalue weighted by molar-refractivity contribution is 5.26. The monoisotopic (exact) mass is 282 g/mol. The Labute approximate surface area is 126 Å². The zero-order chi connectivity index (χ0) is 14.5. The van der Waals surface area contributed by atoms with Gasteiger partial charge in [-0.3, -0.25) is 4.90 Å². The zero-order valence-electron chi connectivity index (χ0n) is 12.5. The Kier molecular flexibility index (Phi) is 4.46. The van der Waals surface area contributed by atoms with Crippen LogP contribution in [-0.4, -0.2) is 34.0 Å². The van der Waals surface area contributed by atoms with Crippen molar-refractivity contribution in [3.05, 3.63) is 53.9 Å². The number of nitrogens with one attached hydrogen (secondary N) is 1. The maximum atomic E-state index is 4.42. The highest BCUT2D eigenvalue weighted by atomic mass is 15.2. The maximum absolute atomic E-state index is 4.42. The van der Waals surface area contributed by atoms with Gasteiger partial charge in [0.05, 0.1) is 0 Å². The summed E-state index contributed by atoms with van der Waals surface area (Å²) in [7, 11) is 0. The average molecular weight is 282 g/mol. The van der Waals surface area contributed by atoms with Gasteiger partial charge < -0.3 is 5.32 Å². The number of nitrogens with zero attached hydrogens (tertiary/aromatic N) is 3. The predicted octanol–water partition coefficient (Wildman–Crippen LogP) is 2.86. The third-order valence-corrected chi connectivity index (χ3v) is 3.96. The van der Waals surface area contributed by atoms with Crippen LogP contribution < -0.4 is 5.32 Å². The SMILES string of the molecule is Cc1ccnc(NC2CCN(Cc3ccccc3)CC2)n1. The molecule has 0 unspecified atom stereocenters. The maximum Gasteiger partial charge on any atom is 0.223 e. The molecule has 1 aromatic carbocycles. The Morgan fingerprint density at radius 3 is 2.62 bits per heavy atom. The minimum Gasteiger partial charge on any atom is -0.351 e. The largest absolute Gasteiger partial charge is 0.351 e. The van der Waals surface area contributed by atoms with Crippen LogP contribution in [0.25, 0.3) is 0 Å². The average Bonchev–Trinajstić information content (AvgIpc) is 2.50. The number of hydrogen-bond acceptors (Lipinski definition) is 4. The van der Waals surface area contributed by atoms with Crippen LogP contribution in [0.3, 0.4) is 0 Å². The van der Waals surface area contributed by atoms with E-state index in [0.29, 0.717) is 6.04 Å². The summed E-state index contributed by atoms with van der Waals surface area (Å²) in [5.41, 5.74) is 2.40. The molecule has 2 aromatic rings. The molecule has 0 bridgehead atoms. The van der Waals surface area contributed by atoms with E-state index in [-0.39, 0.29) is 0 Å². The first kappa shape index (κ1) is 14.0. The predicted molar refractivity (Wildman–Crippen MR) is 85.1 cm³/mol. The highest BCUT2D eigenvalue weighted by Crippen LogP contribution is 2.16. The number of anilines is 1. The molecule has 1 N–H and O–H groups in total. The first-order valence-corrected chi connectivity index (χ1v) is 7.62. The quantitative estimate of drug-likeness (QED) is 0.936. The Morgan fingerprint density at radius 1 is 1.14 bits per heavy atom. The second-order valence-electron chi connectivity index (χ2n) is 5.70. The molecular weight excluding hydrogens is 260 g/mol. The van der Waals surface area contributed by atoms with E-state index in [4.69, 9.17) is 0 Å². The van der Waals surface area contributed by atoms with Gasteiger partial charge in [0.2, 0.25) is 5.95 Å². The number of piperidine rings is 1. The van der Waals surface area contributed by atoms with Crippen LogP contribution in [0.2, 0.25) is 0 Å². The molecule has 0 radical (unpaired) electrons. The van der Waals surface area contributed by atoms with Crippen molar-refractivity contribution >= 4 is 5.95 Å². The third kappa shape index (κ3) is 4.02. The molecule has 1 aliphatic rings. The van der Waals surface area contributed by atoms with Gasteiger partial charge in [-0.2, -0.15) is 0 Å². The van der Waals surface area contributed by atoms with Crippen molar-refractivity contribution in [3.8, 4) is 0 Å². The van der Waals surface area contributed by atoms with E-state index in [1.54, 1.807) is 0 Å². The molecule has 0 saturated carbocycles. The zero-order valence-corrected chi connectivity index (χ0v) is 12.5. The standard InChI is InChI=1S/C17H22N4/c1-14-7-10-18-17(19-14)20-16-8-11-21(12-9-16)13-15-5-3-2-4-6-15/h2-7,10,16H,8-9,11-13H2,1H3,(H,18,19,20). The summed E-state index contributed by atoms with van der Waals surface area (Å²) in [6.45, 7) is 5.29. The van der Waals surface area contributed by atoms with Gasteiger partial charge >= 0.3 is 0 Å². The second kappa shape index (κ2) is 6.68. The van der Waals surface area contributed by atoms with Crippen LogP contribution in [0.1, 0.15) is 24.1 Å². The lowest BCUT2D eigenvalue weighted by atomic mass is 10.0. The molecule has 1 aliphatic heterocycles. The van der Waals surface area contributed by atoms with Crippen molar-refractivity contribution in [2.75, 3.05) is 18.4 Å². The fourth-order valence-electron chi connectivity index (χ4n) is 2.78. The normalized spacial score (nSPS) is 16.8. The lowest BCUT2D eigenvalue weighted by Gasteiger charge is -2.32. The Balaban J connectivity index is 1.49. The number of aryl methyl sites for hydroxylation is 1. The smallest absolute Gasteiger partial charge is 0.223 e. The van der Waals surface area contributed by atoms with E-state index in [0.717, 1.165) is 44.1 Å². The molecule has 2 heterocycles. The summed E-state index contributed by atoms with van der Waals surface area (Å²) < 4.78 is 0. The number of benzene rings is 1. The van der Waals surface area contributed by atoms with Gasteiger partial charge in [0.25, 0.3) is 0 Å². The summed E-state index contributed by atoms with van der Waals surface area (Å²) in [4.78, 5) is 11.2. The van der Waals surface area contributed by atoms with Crippen molar-refractivity contribution in [1.82, 2.24) is 14.9 Å². The van der Waals surface area contributed by atoms with E-state index in [9.17, 15) is 0 Å². The minimum atomic E-state index is 0.485. The van der Waals surface area contributed by atoms with Crippen LogP contribution in [-0.2, 0) is 6.54 Å². The van der Waals surface area contributed by atoms with Crippen LogP contribution in [0.4, 0.5) is 5.95 Å². The van der Waals surface area contributed by atoms with Crippen molar-refractivity contribution in [2.45, 2.75) is 32.4 Å². The lowest BCUT2D eigenvalue weighted by molar-refractivity contribution is 0.211. The second-order valence-corrected chi connectivity index (χ2v) is 5.70. The van der Waals surface area contributed by atoms with E-state index >= 15 is 0 Å². The molecule has 0 atom stereocenters. The Hall–Kier alpha value is -1.94. The molecule has 21 heavy (non-hydrogen) atoms. The van der Waals surface area contributed by atoms with Crippen LogP contribution in [0, 0.1) is 6.92 Å². The molecule has 0 aliphatic carbocycles. The molecule has 1 fully saturated rings. The fraction of sp³-hybridized carbons (Fsp3) is 0.412. The van der Waals surface area contributed by atoms with E-state index in [1.807, 2.05) is 19.2 Å². The van der Waals surface area contributed by atoms with E-state index in [2.05, 4.69) is 50.5 Å². The summed E-state index contributed by atoms with van der Waals surface area (Å²) in [6, 6.07) is 13.1. The summed E-state index contributed by atoms with van der Waals surface area (Å²) in [6.07, 6.45) is 4.10. The van der Waals surface area contributed by atoms with Gasteiger partial charge in [-0.25, -0.2) is 9.97 Å². The van der Waals surface area contributed by atoms with Crippen LogP contribution in [0.5, 0.6) is 0 Å². The van der Waals surface area contributed by atoms with Gasteiger partial charge in [-0.1, -0.05) is 30.3 Å². The third-order valence-electron chi connectivity index (χ3n) is 3.96. The van der Waals surface area contributed by atoms with Crippen LogP contribution in [0.15, 0.2) is 42.6 Å². The van der Waals surface area contributed by atoms with Crippen molar-refractivity contribution < 1.29 is 0 Å². The summed E-state index contributed by atoms with van der Waals surface area (Å²) in [5, 5.41) is 3.46. The van der Waals surface area contributed by atoms with E-state index < -0.39 is 0 Å². The van der Waals surface area contributed by atoms with Crippen LogP contribution >= 0.6 is 0 Å². The lowest BCUT2D eigenvalue weighted by Crippen LogP contribution is -2.38. The van der Waals surface area contributed by atoms with E-state index in [1.165, 1.54) is 5.56 Å². The van der Waals surface area contributed by atoms with Crippen molar-refractivity contribution in [3.63, 3.8) is 0 Å². The number of hydrogen-bond donors (Lipinski definition) is 1. The molecule has 4 nitrogen and oxygen atoms in total. The first-order valence-electron chi connectivity index (χ1n) is 7.62. The molecule has 1 aromatic heterocycles.